The van der Waals surface area contributed by atoms with Crippen molar-refractivity contribution in [3.63, 3.8) is 0 Å². The largest absolute Gasteiger partial charge is 0.378 e. The van der Waals surface area contributed by atoms with Gasteiger partial charge in [0.2, 0.25) is 12.2 Å². The van der Waals surface area contributed by atoms with Gasteiger partial charge in [0.1, 0.15) is 0 Å². The Kier molecular flexibility index (Phi) is 4.16. The van der Waals surface area contributed by atoms with E-state index in [1.165, 1.54) is 0 Å². The van der Waals surface area contributed by atoms with Crippen LogP contribution >= 0.6 is 0 Å². The number of aromatic nitrogens is 4. The van der Waals surface area contributed by atoms with Gasteiger partial charge < -0.3 is 11.1 Å². The lowest BCUT2D eigenvalue weighted by atomic mass is 9.71. The molecular formula is C22H21N6O2. The summed E-state index contributed by atoms with van der Waals surface area (Å²) in [4.78, 5) is 23.6. The van der Waals surface area contributed by atoms with Crippen molar-refractivity contribution in [1.29, 1.82) is 0 Å². The summed E-state index contributed by atoms with van der Waals surface area (Å²) in [5.41, 5.74) is 8.77. The first kappa shape index (κ1) is 18.5. The van der Waals surface area contributed by atoms with Gasteiger partial charge in [0, 0.05) is 16.8 Å². The van der Waals surface area contributed by atoms with Crippen LogP contribution in [0.5, 0.6) is 0 Å². The van der Waals surface area contributed by atoms with E-state index in [2.05, 4.69) is 26.9 Å². The molecular weight excluding hydrogens is 380 g/mol. The number of amides is 1. The zero-order chi connectivity index (χ0) is 20.9. The van der Waals surface area contributed by atoms with E-state index in [4.69, 9.17) is 5.73 Å². The smallest absolute Gasteiger partial charge is 0.233 e. The number of fused-ring (bicyclic) bond motifs is 1. The third-order valence-electron chi connectivity index (χ3n) is 6.15. The molecule has 1 aromatic heterocycles. The van der Waals surface area contributed by atoms with Crippen molar-refractivity contribution in [2.24, 2.45) is 5.73 Å². The number of nitrogens with one attached hydrogen (secondary N) is 1. The lowest BCUT2D eigenvalue weighted by Gasteiger charge is -2.39. The third kappa shape index (κ3) is 2.96. The van der Waals surface area contributed by atoms with Crippen LogP contribution < -0.4 is 11.1 Å². The van der Waals surface area contributed by atoms with Gasteiger partial charge in [-0.2, -0.15) is 0 Å². The molecule has 3 N–H and O–H groups in total. The van der Waals surface area contributed by atoms with Gasteiger partial charge in [-0.05, 0) is 72.0 Å². The molecule has 30 heavy (non-hydrogen) atoms. The Labute approximate surface area is 173 Å². The van der Waals surface area contributed by atoms with Crippen LogP contribution in [0.1, 0.15) is 55.0 Å². The zero-order valence-electron chi connectivity index (χ0n) is 16.5. The van der Waals surface area contributed by atoms with E-state index in [9.17, 15) is 9.59 Å². The van der Waals surface area contributed by atoms with Crippen LogP contribution in [0.15, 0.2) is 42.5 Å². The Morgan fingerprint density at radius 1 is 1.27 bits per heavy atom. The van der Waals surface area contributed by atoms with Gasteiger partial charge in [0.15, 0.2) is 5.82 Å². The van der Waals surface area contributed by atoms with Crippen LogP contribution in [-0.2, 0) is 15.0 Å². The zero-order valence-corrected chi connectivity index (χ0v) is 16.5. The normalized spacial score (nSPS) is 22.8. The van der Waals surface area contributed by atoms with Crippen LogP contribution in [0.4, 0.5) is 5.69 Å². The van der Waals surface area contributed by atoms with Crippen molar-refractivity contribution in [3.05, 3.63) is 59.2 Å². The van der Waals surface area contributed by atoms with Crippen molar-refractivity contribution < 1.29 is 9.59 Å². The second kappa shape index (κ2) is 6.76. The Bertz CT molecular complexity index is 1150. The monoisotopic (exact) mass is 401 g/mol. The number of nitrogens with zero attached hydrogens (tertiary/aromatic N) is 4. The molecule has 1 aliphatic heterocycles. The minimum Gasteiger partial charge on any atom is -0.378 e. The lowest BCUT2D eigenvalue weighted by Crippen LogP contribution is -2.44. The number of benzene rings is 2. The maximum absolute atomic E-state index is 12.5. The third-order valence-corrected chi connectivity index (χ3v) is 6.15. The molecule has 8 heteroatoms. The number of rotatable bonds is 5. The van der Waals surface area contributed by atoms with Crippen molar-refractivity contribution >= 4 is 17.9 Å². The van der Waals surface area contributed by atoms with Gasteiger partial charge in [0.25, 0.3) is 0 Å². The summed E-state index contributed by atoms with van der Waals surface area (Å²) in [5.74, 6) is 0.325. The second-order valence-electron chi connectivity index (χ2n) is 8.26. The molecule has 0 saturated heterocycles. The Hall–Kier alpha value is -3.55. The fourth-order valence-electron chi connectivity index (χ4n) is 4.22. The number of hydrogen-bond donors (Lipinski definition) is 2. The molecule has 8 nitrogen and oxygen atoms in total. The predicted octanol–water partition coefficient (Wildman–Crippen LogP) is 2.43. The molecule has 1 radical (unpaired) electrons. The van der Waals surface area contributed by atoms with E-state index in [1.807, 2.05) is 36.1 Å². The van der Waals surface area contributed by atoms with Gasteiger partial charge in [-0.15, -0.1) is 5.10 Å². The average Bonchev–Trinajstić information content (AvgIpc) is 3.49. The molecule has 2 aliphatic rings. The maximum Gasteiger partial charge on any atom is 0.233 e. The van der Waals surface area contributed by atoms with E-state index in [1.54, 1.807) is 18.2 Å². The van der Waals surface area contributed by atoms with Crippen molar-refractivity contribution in [2.45, 2.75) is 43.7 Å². The van der Waals surface area contributed by atoms with Crippen LogP contribution in [0, 0.1) is 0 Å². The number of tetrazole rings is 1. The number of carbonyl (C=O) groups is 1. The molecule has 1 amide bonds. The van der Waals surface area contributed by atoms with Crippen LogP contribution in [0.2, 0.25) is 0 Å². The SMILES string of the molecule is CC1(C(N)=O)CC(c2cccc(-c3nnnn3C3CC3)c2)Nc2ccc([C]=O)cc21. The minimum absolute atomic E-state index is 0.133. The predicted molar refractivity (Wildman–Crippen MR) is 110 cm³/mol. The summed E-state index contributed by atoms with van der Waals surface area (Å²) in [6.45, 7) is 1.83. The van der Waals surface area contributed by atoms with Crippen molar-refractivity contribution in [2.75, 3.05) is 5.32 Å². The van der Waals surface area contributed by atoms with Gasteiger partial charge in [0.05, 0.1) is 17.5 Å². The van der Waals surface area contributed by atoms with E-state index < -0.39 is 11.3 Å². The molecule has 2 unspecified atom stereocenters. The number of anilines is 1. The van der Waals surface area contributed by atoms with Crippen LogP contribution in [0.25, 0.3) is 11.4 Å². The first-order chi connectivity index (χ1) is 14.5. The fraction of sp³-hybridized carbons (Fsp3) is 0.318. The van der Waals surface area contributed by atoms with Crippen LogP contribution in [-0.4, -0.2) is 32.4 Å². The maximum atomic E-state index is 12.5. The summed E-state index contributed by atoms with van der Waals surface area (Å²) >= 11 is 0. The highest BCUT2D eigenvalue weighted by Gasteiger charge is 2.42. The van der Waals surface area contributed by atoms with E-state index in [0.717, 1.165) is 41.0 Å². The average molecular weight is 401 g/mol. The molecule has 5 rings (SSSR count). The highest BCUT2D eigenvalue weighted by Crippen LogP contribution is 2.45. The fourth-order valence-corrected chi connectivity index (χ4v) is 4.22. The molecule has 1 aliphatic carbocycles. The quantitative estimate of drug-likeness (QED) is 0.678. The Morgan fingerprint density at radius 3 is 2.83 bits per heavy atom. The van der Waals surface area contributed by atoms with Crippen molar-refractivity contribution in [3.8, 4) is 11.4 Å². The van der Waals surface area contributed by atoms with Crippen molar-refractivity contribution in [1.82, 2.24) is 20.2 Å². The highest BCUT2D eigenvalue weighted by atomic mass is 16.1. The van der Waals surface area contributed by atoms with Gasteiger partial charge in [-0.25, -0.2) is 4.68 Å². The van der Waals surface area contributed by atoms with E-state index in [0.29, 0.717) is 18.0 Å². The van der Waals surface area contributed by atoms with Gasteiger partial charge in [-0.3, -0.25) is 9.59 Å². The molecule has 1 fully saturated rings. The van der Waals surface area contributed by atoms with Gasteiger partial charge >= 0.3 is 0 Å². The van der Waals surface area contributed by atoms with Crippen LogP contribution in [0.3, 0.4) is 0 Å². The molecule has 151 valence electrons. The van der Waals surface area contributed by atoms with E-state index in [-0.39, 0.29) is 6.04 Å². The lowest BCUT2D eigenvalue weighted by molar-refractivity contribution is -0.123. The molecule has 1 saturated carbocycles. The Morgan fingerprint density at radius 2 is 2.10 bits per heavy atom. The second-order valence-corrected chi connectivity index (χ2v) is 8.26. The van der Waals surface area contributed by atoms with E-state index >= 15 is 0 Å². The topological polar surface area (TPSA) is 116 Å². The number of nitrogens with two attached hydrogens (primary N) is 1. The first-order valence-electron chi connectivity index (χ1n) is 9.97. The number of carbonyl (C=O) groups excluding carboxylic acids is 2. The molecule has 2 aromatic carbocycles. The first-order valence-corrected chi connectivity index (χ1v) is 9.97. The standard InChI is InChI=1S/C22H21N6O2/c1-22(21(23)30)11-19(24-18-8-5-13(12-29)9-17(18)22)14-3-2-4-15(10-14)20-25-26-27-28(20)16-6-7-16/h2-5,8-10,16,19,24H,6-7,11H2,1H3,(H2,23,30). The Balaban J connectivity index is 1.54. The molecule has 0 bridgehead atoms. The molecule has 2 heterocycles. The number of primary amides is 1. The molecule has 2 atom stereocenters. The molecule has 3 aromatic rings. The summed E-state index contributed by atoms with van der Waals surface area (Å²) in [6.07, 6.45) is 4.54. The summed E-state index contributed by atoms with van der Waals surface area (Å²) in [6, 6.07) is 13.5. The minimum atomic E-state index is -0.913. The summed E-state index contributed by atoms with van der Waals surface area (Å²) in [5, 5.41) is 15.7. The number of hydrogen-bond acceptors (Lipinski definition) is 6. The summed E-state index contributed by atoms with van der Waals surface area (Å²) < 4.78 is 1.88. The highest BCUT2D eigenvalue weighted by molar-refractivity contribution is 5.90. The van der Waals surface area contributed by atoms with Gasteiger partial charge in [-0.1, -0.05) is 18.2 Å². The molecule has 0 spiro atoms. The summed E-state index contributed by atoms with van der Waals surface area (Å²) in [7, 11) is 0.